The summed E-state index contributed by atoms with van der Waals surface area (Å²) >= 11 is 0. The second-order valence-electron chi connectivity index (χ2n) is 6.02. The molecule has 0 amide bonds. The first kappa shape index (κ1) is 18.5. The summed E-state index contributed by atoms with van der Waals surface area (Å²) in [6.45, 7) is 3.24. The molecule has 0 aromatic heterocycles. The third-order valence-electron chi connectivity index (χ3n) is 4.20. The van der Waals surface area contributed by atoms with Gasteiger partial charge in [-0.15, -0.1) is 0 Å². The third-order valence-corrected chi connectivity index (χ3v) is 5.41. The summed E-state index contributed by atoms with van der Waals surface area (Å²) < 4.78 is 25.0. The number of nitrogens with one attached hydrogen (secondary N) is 1. The van der Waals surface area contributed by atoms with Crippen LogP contribution in [0.3, 0.4) is 0 Å². The van der Waals surface area contributed by atoms with Crippen LogP contribution in [0.2, 0.25) is 0 Å². The number of rotatable bonds is 5. The fourth-order valence-electron chi connectivity index (χ4n) is 2.74. The van der Waals surface area contributed by atoms with Crippen LogP contribution in [0, 0.1) is 17.0 Å². The molecule has 7 nitrogen and oxygen atoms in total. The predicted octanol–water partition coefficient (Wildman–Crippen LogP) is 3.76. The van der Waals surface area contributed by atoms with Crippen molar-refractivity contribution < 1.29 is 13.3 Å². The number of hydrogen-bond acceptors (Lipinski definition) is 5. The van der Waals surface area contributed by atoms with E-state index in [1.165, 1.54) is 12.1 Å². The molecular formula is C19H17N3O4S. The summed E-state index contributed by atoms with van der Waals surface area (Å²) in [5, 5.41) is 17.0. The second kappa shape index (κ2) is 7.16. The average Bonchev–Trinajstić information content (AvgIpc) is 2.65. The Bertz CT molecular complexity index is 1170. The Morgan fingerprint density at radius 3 is 2.52 bits per heavy atom. The van der Waals surface area contributed by atoms with Gasteiger partial charge in [-0.25, -0.2) is 0 Å². The predicted molar refractivity (Wildman–Crippen MR) is 104 cm³/mol. The minimum Gasteiger partial charge on any atom is -0.258 e. The lowest BCUT2D eigenvalue weighted by molar-refractivity contribution is -0.385. The number of hydrogen-bond donors (Lipinski definition) is 1. The molecule has 0 aliphatic carbocycles. The normalized spacial score (nSPS) is 12.1. The number of benzene rings is 3. The SMILES string of the molecule is C/C(=N\NS(=O)(=O)c1ccc(C)c([N+](=O)[O-])c1)c1cccc2ccccc12. The highest BCUT2D eigenvalue weighted by Gasteiger charge is 2.19. The lowest BCUT2D eigenvalue weighted by Gasteiger charge is -2.08. The van der Waals surface area contributed by atoms with E-state index in [-0.39, 0.29) is 10.6 Å². The van der Waals surface area contributed by atoms with Crippen molar-refractivity contribution in [2.75, 3.05) is 0 Å². The summed E-state index contributed by atoms with van der Waals surface area (Å²) in [4.78, 5) is 12.4. The molecule has 0 aliphatic heterocycles. The first-order valence-corrected chi connectivity index (χ1v) is 9.57. The number of sulfonamides is 1. The molecule has 138 valence electrons. The minimum atomic E-state index is -4.03. The van der Waals surface area contributed by atoms with Crippen molar-refractivity contribution in [1.29, 1.82) is 0 Å². The number of nitro groups is 1. The second-order valence-corrected chi connectivity index (χ2v) is 7.68. The van der Waals surface area contributed by atoms with E-state index in [0.717, 1.165) is 22.4 Å². The van der Waals surface area contributed by atoms with Gasteiger partial charge < -0.3 is 0 Å². The first-order valence-electron chi connectivity index (χ1n) is 8.09. The maximum atomic E-state index is 12.5. The van der Waals surface area contributed by atoms with Gasteiger partial charge in [0.25, 0.3) is 15.7 Å². The van der Waals surface area contributed by atoms with Crippen molar-refractivity contribution in [3.05, 3.63) is 81.9 Å². The molecule has 0 radical (unpaired) electrons. The third kappa shape index (κ3) is 3.80. The highest BCUT2D eigenvalue weighted by molar-refractivity contribution is 7.89. The van der Waals surface area contributed by atoms with Crippen molar-refractivity contribution >= 4 is 32.2 Å². The molecule has 3 aromatic carbocycles. The number of hydrazone groups is 1. The number of fused-ring (bicyclic) bond motifs is 1. The quantitative estimate of drug-likeness (QED) is 0.412. The van der Waals surface area contributed by atoms with Crippen molar-refractivity contribution in [1.82, 2.24) is 4.83 Å². The Morgan fingerprint density at radius 1 is 1.07 bits per heavy atom. The monoisotopic (exact) mass is 383 g/mol. The summed E-state index contributed by atoms with van der Waals surface area (Å²) in [5.74, 6) is 0. The van der Waals surface area contributed by atoms with Crippen LogP contribution in [0.1, 0.15) is 18.1 Å². The van der Waals surface area contributed by atoms with Gasteiger partial charge in [-0.2, -0.15) is 18.4 Å². The maximum Gasteiger partial charge on any atom is 0.276 e. The van der Waals surface area contributed by atoms with E-state index in [4.69, 9.17) is 0 Å². The molecule has 0 fully saturated rings. The molecule has 1 N–H and O–H groups in total. The Labute approximate surface area is 156 Å². The van der Waals surface area contributed by atoms with Crippen LogP contribution in [0.5, 0.6) is 0 Å². The first-order chi connectivity index (χ1) is 12.8. The summed E-state index contributed by atoms with van der Waals surface area (Å²) in [7, 11) is -4.03. The minimum absolute atomic E-state index is 0.214. The van der Waals surface area contributed by atoms with Crippen LogP contribution < -0.4 is 4.83 Å². The largest absolute Gasteiger partial charge is 0.276 e. The molecule has 0 bridgehead atoms. The molecule has 0 heterocycles. The van der Waals surface area contributed by atoms with Crippen LogP contribution in [-0.4, -0.2) is 19.1 Å². The zero-order chi connectivity index (χ0) is 19.6. The highest BCUT2D eigenvalue weighted by Crippen LogP contribution is 2.22. The highest BCUT2D eigenvalue weighted by atomic mass is 32.2. The molecule has 3 rings (SSSR count). The molecule has 8 heteroatoms. The molecular weight excluding hydrogens is 366 g/mol. The van der Waals surface area contributed by atoms with E-state index in [9.17, 15) is 18.5 Å². The molecule has 0 spiro atoms. The van der Waals surface area contributed by atoms with Gasteiger partial charge in [0.1, 0.15) is 0 Å². The van der Waals surface area contributed by atoms with Crippen LogP contribution in [-0.2, 0) is 10.0 Å². The van der Waals surface area contributed by atoms with E-state index in [1.54, 1.807) is 13.8 Å². The van der Waals surface area contributed by atoms with Gasteiger partial charge in [0, 0.05) is 17.2 Å². The number of nitrogens with zero attached hydrogens (tertiary/aromatic N) is 2. The lowest BCUT2D eigenvalue weighted by Crippen LogP contribution is -2.20. The van der Waals surface area contributed by atoms with E-state index < -0.39 is 14.9 Å². The van der Waals surface area contributed by atoms with E-state index >= 15 is 0 Å². The zero-order valence-corrected chi connectivity index (χ0v) is 15.5. The van der Waals surface area contributed by atoms with Gasteiger partial charge in [0.05, 0.1) is 15.5 Å². The number of nitro benzene ring substituents is 1. The van der Waals surface area contributed by atoms with Crippen molar-refractivity contribution in [2.24, 2.45) is 5.10 Å². The van der Waals surface area contributed by atoms with E-state index in [1.807, 2.05) is 42.5 Å². The van der Waals surface area contributed by atoms with Gasteiger partial charge in [0.2, 0.25) is 0 Å². The maximum absolute atomic E-state index is 12.5. The Kier molecular flexibility index (Phi) is 4.91. The molecule has 3 aromatic rings. The summed E-state index contributed by atoms with van der Waals surface area (Å²) in [6.07, 6.45) is 0. The van der Waals surface area contributed by atoms with E-state index in [0.29, 0.717) is 11.3 Å². The molecule has 0 atom stereocenters. The van der Waals surface area contributed by atoms with E-state index in [2.05, 4.69) is 9.93 Å². The topological polar surface area (TPSA) is 102 Å². The molecule has 0 saturated carbocycles. The Hall–Kier alpha value is -3.26. The van der Waals surface area contributed by atoms with Crippen molar-refractivity contribution in [2.45, 2.75) is 18.7 Å². The van der Waals surface area contributed by atoms with Crippen LogP contribution in [0.25, 0.3) is 10.8 Å². The molecule has 0 aliphatic rings. The van der Waals surface area contributed by atoms with Crippen molar-refractivity contribution in [3.63, 3.8) is 0 Å². The van der Waals surface area contributed by atoms with Crippen molar-refractivity contribution in [3.8, 4) is 0 Å². The van der Waals surface area contributed by atoms with Gasteiger partial charge in [-0.3, -0.25) is 10.1 Å². The Balaban J connectivity index is 1.94. The molecule has 0 unspecified atom stereocenters. The standard InChI is InChI=1S/C19H17N3O4S/c1-13-10-11-16(12-19(13)22(23)24)27(25,26)21-20-14(2)17-9-5-7-15-6-3-4-8-18(15)17/h3-12,21H,1-2H3/b20-14+. The molecule has 27 heavy (non-hydrogen) atoms. The zero-order valence-electron chi connectivity index (χ0n) is 14.7. The fourth-order valence-corrected chi connectivity index (χ4v) is 3.61. The van der Waals surface area contributed by atoms with Crippen LogP contribution >= 0.6 is 0 Å². The van der Waals surface area contributed by atoms with Crippen LogP contribution in [0.4, 0.5) is 5.69 Å². The van der Waals surface area contributed by atoms with Gasteiger partial charge in [0.15, 0.2) is 0 Å². The van der Waals surface area contributed by atoms with Gasteiger partial charge in [-0.1, -0.05) is 48.5 Å². The lowest BCUT2D eigenvalue weighted by atomic mass is 10.0. The smallest absolute Gasteiger partial charge is 0.258 e. The molecule has 0 saturated heterocycles. The van der Waals surface area contributed by atoms with Gasteiger partial charge in [-0.05, 0) is 30.7 Å². The number of aryl methyl sites for hydroxylation is 1. The summed E-state index contributed by atoms with van der Waals surface area (Å²) in [5.41, 5.74) is 1.41. The Morgan fingerprint density at radius 2 is 1.78 bits per heavy atom. The summed E-state index contributed by atoms with van der Waals surface area (Å²) in [6, 6.07) is 17.1. The fraction of sp³-hybridized carbons (Fsp3) is 0.105. The van der Waals surface area contributed by atoms with Crippen LogP contribution in [0.15, 0.2) is 70.7 Å². The average molecular weight is 383 g/mol. The van der Waals surface area contributed by atoms with Gasteiger partial charge >= 0.3 is 0 Å².